The van der Waals surface area contributed by atoms with Crippen LogP contribution in [-0.2, 0) is 12.0 Å². The molecule has 0 spiro atoms. The van der Waals surface area contributed by atoms with Gasteiger partial charge >= 0.3 is 12.4 Å². The molecule has 0 aliphatic rings. The van der Waals surface area contributed by atoms with Crippen LogP contribution in [-0.4, -0.2) is 22.4 Å². The molecule has 0 atom stereocenters. The molecule has 0 aliphatic heterocycles. The summed E-state index contributed by atoms with van der Waals surface area (Å²) in [5.41, 5.74) is -7.72. The second-order valence-corrected chi connectivity index (χ2v) is 4.56. The van der Waals surface area contributed by atoms with E-state index in [0.717, 1.165) is 6.07 Å². The highest BCUT2D eigenvalue weighted by Gasteiger charge is 2.71. The van der Waals surface area contributed by atoms with Crippen LogP contribution in [0, 0.1) is 10.1 Å². The molecule has 1 rings (SSSR count). The fourth-order valence-electron chi connectivity index (χ4n) is 1.93. The van der Waals surface area contributed by atoms with E-state index in [1.165, 1.54) is 0 Å². The standard InChI is InChI=1S/C12H11F6NO3/c1-2-3-7-4-5-8(6-9(7)19(21)22)10(20,11(13,14)15)12(16,17)18/h4-6,20H,2-3H2,1H3. The molecule has 1 N–H and O–H groups in total. The zero-order valence-electron chi connectivity index (χ0n) is 11.1. The van der Waals surface area contributed by atoms with Gasteiger partial charge in [-0.1, -0.05) is 25.5 Å². The van der Waals surface area contributed by atoms with E-state index >= 15 is 0 Å². The van der Waals surface area contributed by atoms with Crippen molar-refractivity contribution < 1.29 is 36.4 Å². The summed E-state index contributed by atoms with van der Waals surface area (Å²) in [7, 11) is 0. The molecule has 0 aliphatic carbocycles. The van der Waals surface area contributed by atoms with Crippen molar-refractivity contribution in [2.45, 2.75) is 37.7 Å². The number of hydrogen-bond acceptors (Lipinski definition) is 3. The minimum Gasteiger partial charge on any atom is -0.369 e. The lowest BCUT2D eigenvalue weighted by Crippen LogP contribution is -2.53. The summed E-state index contributed by atoms with van der Waals surface area (Å²) >= 11 is 0. The molecule has 0 aromatic heterocycles. The normalized spacial score (nSPS) is 13.3. The van der Waals surface area contributed by atoms with Crippen molar-refractivity contribution in [2.24, 2.45) is 0 Å². The van der Waals surface area contributed by atoms with E-state index in [9.17, 15) is 41.6 Å². The minimum absolute atomic E-state index is 0.0112. The zero-order chi connectivity index (χ0) is 17.3. The van der Waals surface area contributed by atoms with Crippen molar-refractivity contribution in [3.05, 3.63) is 39.4 Å². The van der Waals surface area contributed by atoms with Crippen LogP contribution >= 0.6 is 0 Å². The van der Waals surface area contributed by atoms with E-state index in [0.29, 0.717) is 12.5 Å². The topological polar surface area (TPSA) is 63.4 Å². The fourth-order valence-corrected chi connectivity index (χ4v) is 1.93. The number of nitrogens with zero attached hydrogens (tertiary/aromatic N) is 1. The molecule has 10 heteroatoms. The van der Waals surface area contributed by atoms with Gasteiger partial charge < -0.3 is 5.11 Å². The molecule has 0 bridgehead atoms. The Hall–Kier alpha value is -1.84. The van der Waals surface area contributed by atoms with Crippen LogP contribution in [0.3, 0.4) is 0 Å². The number of benzene rings is 1. The van der Waals surface area contributed by atoms with Crippen LogP contribution in [0.5, 0.6) is 0 Å². The quantitative estimate of drug-likeness (QED) is 0.518. The summed E-state index contributed by atoms with van der Waals surface area (Å²) in [4.78, 5) is 9.75. The maximum atomic E-state index is 12.7. The average molecular weight is 331 g/mol. The average Bonchev–Trinajstić information content (AvgIpc) is 2.35. The van der Waals surface area contributed by atoms with Crippen molar-refractivity contribution in [2.75, 3.05) is 0 Å². The van der Waals surface area contributed by atoms with E-state index in [4.69, 9.17) is 0 Å². The van der Waals surface area contributed by atoms with Gasteiger partial charge in [0.15, 0.2) is 0 Å². The zero-order valence-corrected chi connectivity index (χ0v) is 11.1. The molecular weight excluding hydrogens is 320 g/mol. The fraction of sp³-hybridized carbons (Fsp3) is 0.500. The number of rotatable bonds is 4. The number of nitro groups is 1. The van der Waals surface area contributed by atoms with E-state index in [-0.39, 0.29) is 18.1 Å². The van der Waals surface area contributed by atoms with E-state index < -0.39 is 34.1 Å². The second kappa shape index (κ2) is 5.75. The second-order valence-electron chi connectivity index (χ2n) is 4.56. The molecule has 0 amide bonds. The SMILES string of the molecule is CCCc1ccc(C(O)(C(F)(F)F)C(F)(F)F)cc1[N+](=O)[O-]. The van der Waals surface area contributed by atoms with Crippen LogP contribution in [0.25, 0.3) is 0 Å². The monoisotopic (exact) mass is 331 g/mol. The molecule has 0 fully saturated rings. The van der Waals surface area contributed by atoms with E-state index in [2.05, 4.69) is 0 Å². The molecule has 4 nitrogen and oxygen atoms in total. The smallest absolute Gasteiger partial charge is 0.369 e. The summed E-state index contributed by atoms with van der Waals surface area (Å²) in [6.45, 7) is 1.64. The van der Waals surface area contributed by atoms with Crippen molar-refractivity contribution >= 4 is 5.69 Å². The third kappa shape index (κ3) is 3.01. The van der Waals surface area contributed by atoms with Crippen LogP contribution in [0.1, 0.15) is 24.5 Å². The molecule has 0 heterocycles. The van der Waals surface area contributed by atoms with Crippen molar-refractivity contribution in [3.8, 4) is 0 Å². The first-order valence-corrected chi connectivity index (χ1v) is 5.99. The summed E-state index contributed by atoms with van der Waals surface area (Å²) in [6, 6.07) is 1.31. The summed E-state index contributed by atoms with van der Waals surface area (Å²) < 4.78 is 76.4. The van der Waals surface area contributed by atoms with E-state index in [1.54, 1.807) is 6.92 Å². The summed E-state index contributed by atoms with van der Waals surface area (Å²) in [5, 5.41) is 20.0. The Morgan fingerprint density at radius 3 is 2.00 bits per heavy atom. The predicted octanol–water partition coefficient (Wildman–Crippen LogP) is 3.86. The molecule has 124 valence electrons. The number of nitro benzene ring substituents is 1. The minimum atomic E-state index is -6.08. The predicted molar refractivity (Wildman–Crippen MR) is 63.1 cm³/mol. The highest BCUT2D eigenvalue weighted by atomic mass is 19.4. The third-order valence-corrected chi connectivity index (χ3v) is 3.04. The Bertz CT molecular complexity index is 553. The first-order chi connectivity index (χ1) is 9.86. The molecule has 22 heavy (non-hydrogen) atoms. The number of halogens is 6. The lowest BCUT2D eigenvalue weighted by atomic mass is 9.90. The van der Waals surface area contributed by atoms with Crippen molar-refractivity contribution in [1.29, 1.82) is 0 Å². The lowest BCUT2D eigenvalue weighted by Gasteiger charge is -2.32. The van der Waals surface area contributed by atoms with Gasteiger partial charge in [0.25, 0.3) is 11.3 Å². The Morgan fingerprint density at radius 1 is 1.14 bits per heavy atom. The Balaban J connectivity index is 3.59. The van der Waals surface area contributed by atoms with Gasteiger partial charge in [0.05, 0.1) is 4.92 Å². The molecule has 1 aromatic carbocycles. The number of hydrogen-bond donors (Lipinski definition) is 1. The summed E-state index contributed by atoms with van der Waals surface area (Å²) in [5.74, 6) is 0. The maximum absolute atomic E-state index is 12.7. The van der Waals surface area contributed by atoms with Gasteiger partial charge in [-0.2, -0.15) is 26.3 Å². The Labute approximate surface area is 120 Å². The lowest BCUT2D eigenvalue weighted by molar-refractivity contribution is -0.387. The van der Waals surface area contributed by atoms with Gasteiger partial charge in [-0.05, 0) is 6.42 Å². The van der Waals surface area contributed by atoms with Gasteiger partial charge in [-0.3, -0.25) is 10.1 Å². The van der Waals surface area contributed by atoms with Gasteiger partial charge in [0.2, 0.25) is 0 Å². The largest absolute Gasteiger partial charge is 0.430 e. The Kier molecular flexibility index (Phi) is 4.76. The summed E-state index contributed by atoms with van der Waals surface area (Å²) in [6.07, 6.45) is -11.6. The molecule has 0 unspecified atom stereocenters. The van der Waals surface area contributed by atoms with Crippen molar-refractivity contribution in [1.82, 2.24) is 0 Å². The highest BCUT2D eigenvalue weighted by molar-refractivity contribution is 5.46. The number of aryl methyl sites for hydroxylation is 1. The molecule has 0 radical (unpaired) electrons. The number of aliphatic hydroxyl groups is 1. The van der Waals surface area contributed by atoms with Gasteiger partial charge in [-0.25, -0.2) is 0 Å². The van der Waals surface area contributed by atoms with E-state index in [1.807, 2.05) is 0 Å². The van der Waals surface area contributed by atoms with Crippen LogP contribution in [0.15, 0.2) is 18.2 Å². The maximum Gasteiger partial charge on any atom is 0.430 e. The first-order valence-electron chi connectivity index (χ1n) is 5.99. The molecule has 0 saturated heterocycles. The Morgan fingerprint density at radius 2 is 1.64 bits per heavy atom. The van der Waals surface area contributed by atoms with Gasteiger partial charge in [-0.15, -0.1) is 0 Å². The third-order valence-electron chi connectivity index (χ3n) is 3.04. The highest BCUT2D eigenvalue weighted by Crippen LogP contribution is 2.50. The number of alkyl halides is 6. The van der Waals surface area contributed by atoms with Crippen LogP contribution < -0.4 is 0 Å². The molecule has 0 saturated carbocycles. The van der Waals surface area contributed by atoms with Gasteiger partial charge in [0.1, 0.15) is 0 Å². The van der Waals surface area contributed by atoms with Crippen molar-refractivity contribution in [3.63, 3.8) is 0 Å². The van der Waals surface area contributed by atoms with Crippen LogP contribution in [0.2, 0.25) is 0 Å². The first kappa shape index (κ1) is 18.2. The molecule has 1 aromatic rings. The molecular formula is C12H11F6NO3. The van der Waals surface area contributed by atoms with Crippen LogP contribution in [0.4, 0.5) is 32.0 Å². The van der Waals surface area contributed by atoms with Gasteiger partial charge in [0, 0.05) is 17.2 Å².